The molecule has 0 saturated carbocycles. The second kappa shape index (κ2) is 5.57. The molecule has 0 bridgehead atoms. The summed E-state index contributed by atoms with van der Waals surface area (Å²) < 4.78 is 23.2. The SMILES string of the molecule is CS(=O)(=O)C1CCN(C(=O)C2CCCN2c2nccs2)C1. The lowest BCUT2D eigenvalue weighted by atomic mass is 10.2. The van der Waals surface area contributed by atoms with Crippen molar-refractivity contribution in [2.75, 3.05) is 30.8 Å². The summed E-state index contributed by atoms with van der Waals surface area (Å²) in [6.07, 6.45) is 5.34. The van der Waals surface area contributed by atoms with E-state index in [0.717, 1.165) is 24.5 Å². The van der Waals surface area contributed by atoms with Crippen LogP contribution in [0.25, 0.3) is 0 Å². The molecule has 2 saturated heterocycles. The fourth-order valence-electron chi connectivity index (χ4n) is 3.10. The van der Waals surface area contributed by atoms with E-state index in [2.05, 4.69) is 9.88 Å². The second-order valence-corrected chi connectivity index (χ2v) is 8.89. The Kier molecular flexibility index (Phi) is 3.92. The van der Waals surface area contributed by atoms with Crippen molar-refractivity contribution < 1.29 is 13.2 Å². The van der Waals surface area contributed by atoms with Crippen LogP contribution in [0.1, 0.15) is 19.3 Å². The number of anilines is 1. The number of nitrogens with zero attached hydrogens (tertiary/aromatic N) is 3. The van der Waals surface area contributed by atoms with E-state index in [-0.39, 0.29) is 11.9 Å². The van der Waals surface area contributed by atoms with Crippen LogP contribution in [0.4, 0.5) is 5.13 Å². The molecule has 0 spiro atoms. The summed E-state index contributed by atoms with van der Waals surface area (Å²) in [7, 11) is -3.07. The molecule has 0 N–H and O–H groups in total. The minimum Gasteiger partial charge on any atom is -0.340 e. The zero-order valence-electron chi connectivity index (χ0n) is 11.9. The van der Waals surface area contributed by atoms with Gasteiger partial charge in [0.05, 0.1) is 5.25 Å². The number of hydrogen-bond acceptors (Lipinski definition) is 6. The number of sulfone groups is 1. The van der Waals surface area contributed by atoms with Gasteiger partial charge in [0, 0.05) is 37.5 Å². The van der Waals surface area contributed by atoms with Gasteiger partial charge < -0.3 is 9.80 Å². The maximum absolute atomic E-state index is 12.7. The molecule has 1 amide bonds. The fraction of sp³-hybridized carbons (Fsp3) is 0.692. The van der Waals surface area contributed by atoms with Crippen LogP contribution in [-0.2, 0) is 14.6 Å². The lowest BCUT2D eigenvalue weighted by Gasteiger charge is -2.27. The van der Waals surface area contributed by atoms with E-state index in [1.54, 1.807) is 11.1 Å². The van der Waals surface area contributed by atoms with Gasteiger partial charge in [-0.05, 0) is 19.3 Å². The zero-order valence-corrected chi connectivity index (χ0v) is 13.6. The van der Waals surface area contributed by atoms with Gasteiger partial charge in [-0.2, -0.15) is 0 Å². The molecule has 2 unspecified atom stereocenters. The Morgan fingerprint density at radius 2 is 2.19 bits per heavy atom. The highest BCUT2D eigenvalue weighted by Gasteiger charge is 2.39. The van der Waals surface area contributed by atoms with Gasteiger partial charge in [0.2, 0.25) is 5.91 Å². The molecule has 6 nitrogen and oxygen atoms in total. The molecule has 2 atom stereocenters. The minimum absolute atomic E-state index is 0.0499. The largest absolute Gasteiger partial charge is 0.340 e. The average Bonchev–Trinajstić information content (AvgIpc) is 3.16. The van der Waals surface area contributed by atoms with E-state index in [4.69, 9.17) is 0 Å². The molecule has 1 aromatic rings. The second-order valence-electron chi connectivity index (χ2n) is 5.69. The van der Waals surface area contributed by atoms with E-state index in [0.29, 0.717) is 19.5 Å². The van der Waals surface area contributed by atoms with Crippen molar-refractivity contribution in [3.05, 3.63) is 11.6 Å². The third-order valence-corrected chi connectivity index (χ3v) is 6.67. The number of aromatic nitrogens is 1. The number of rotatable bonds is 3. The Morgan fingerprint density at radius 1 is 1.38 bits per heavy atom. The quantitative estimate of drug-likeness (QED) is 0.819. The summed E-state index contributed by atoms with van der Waals surface area (Å²) in [6, 6.07) is -0.186. The third kappa shape index (κ3) is 2.91. The normalized spacial score (nSPS) is 26.5. The number of thiazole rings is 1. The number of hydrogen-bond donors (Lipinski definition) is 0. The van der Waals surface area contributed by atoms with Crippen molar-refractivity contribution in [3.63, 3.8) is 0 Å². The minimum atomic E-state index is -3.07. The Labute approximate surface area is 128 Å². The average molecular weight is 329 g/mol. The monoisotopic (exact) mass is 329 g/mol. The molecule has 0 aliphatic carbocycles. The van der Waals surface area contributed by atoms with E-state index in [1.807, 2.05) is 5.38 Å². The first-order valence-electron chi connectivity index (χ1n) is 7.10. The molecule has 1 aromatic heterocycles. The summed E-state index contributed by atoms with van der Waals surface area (Å²) in [4.78, 5) is 20.7. The van der Waals surface area contributed by atoms with Gasteiger partial charge in [-0.15, -0.1) is 11.3 Å². The van der Waals surface area contributed by atoms with Crippen LogP contribution in [0.3, 0.4) is 0 Å². The third-order valence-electron chi connectivity index (χ3n) is 4.27. The first-order chi connectivity index (χ1) is 9.97. The standard InChI is InChI=1S/C13H19N3O3S2/c1-21(18,19)10-4-7-15(9-10)12(17)11-3-2-6-16(11)13-14-5-8-20-13/h5,8,10-11H,2-4,6-7,9H2,1H3. The van der Waals surface area contributed by atoms with Crippen LogP contribution in [0.5, 0.6) is 0 Å². The highest BCUT2D eigenvalue weighted by atomic mass is 32.2. The predicted molar refractivity (Wildman–Crippen MR) is 82.3 cm³/mol. The molecule has 116 valence electrons. The predicted octanol–water partition coefficient (Wildman–Crippen LogP) is 0.757. The van der Waals surface area contributed by atoms with E-state index in [9.17, 15) is 13.2 Å². The maximum atomic E-state index is 12.7. The summed E-state index contributed by atoms with van der Waals surface area (Å²) in [5.41, 5.74) is 0. The maximum Gasteiger partial charge on any atom is 0.245 e. The van der Waals surface area contributed by atoms with Gasteiger partial charge in [0.15, 0.2) is 15.0 Å². The van der Waals surface area contributed by atoms with Crippen molar-refractivity contribution >= 4 is 32.2 Å². The molecule has 8 heteroatoms. The van der Waals surface area contributed by atoms with Gasteiger partial charge >= 0.3 is 0 Å². The van der Waals surface area contributed by atoms with Crippen LogP contribution >= 0.6 is 11.3 Å². The van der Waals surface area contributed by atoms with E-state index >= 15 is 0 Å². The first-order valence-corrected chi connectivity index (χ1v) is 9.94. The van der Waals surface area contributed by atoms with Gasteiger partial charge in [0.1, 0.15) is 6.04 Å². The van der Waals surface area contributed by atoms with Crippen LogP contribution in [0.15, 0.2) is 11.6 Å². The van der Waals surface area contributed by atoms with E-state index < -0.39 is 15.1 Å². The number of amides is 1. The van der Waals surface area contributed by atoms with Crippen LogP contribution < -0.4 is 4.90 Å². The molecule has 3 rings (SSSR count). The Balaban J connectivity index is 1.71. The fourth-order valence-corrected chi connectivity index (χ4v) is 4.80. The molecule has 2 aliphatic heterocycles. The summed E-state index contributed by atoms with van der Waals surface area (Å²) >= 11 is 1.54. The van der Waals surface area contributed by atoms with Gasteiger partial charge in [-0.3, -0.25) is 4.79 Å². The molecular formula is C13H19N3O3S2. The number of likely N-dealkylation sites (tertiary alicyclic amines) is 1. The van der Waals surface area contributed by atoms with Crippen LogP contribution in [0, 0.1) is 0 Å². The Morgan fingerprint density at radius 3 is 2.81 bits per heavy atom. The molecular weight excluding hydrogens is 310 g/mol. The lowest BCUT2D eigenvalue weighted by Crippen LogP contribution is -2.45. The van der Waals surface area contributed by atoms with E-state index in [1.165, 1.54) is 17.6 Å². The smallest absolute Gasteiger partial charge is 0.245 e. The molecule has 21 heavy (non-hydrogen) atoms. The number of carbonyl (C=O) groups excluding carboxylic acids is 1. The molecule has 2 aliphatic rings. The summed E-state index contributed by atoms with van der Waals surface area (Å²) in [5, 5.41) is 2.38. The van der Waals surface area contributed by atoms with Crippen LogP contribution in [0.2, 0.25) is 0 Å². The highest BCUT2D eigenvalue weighted by molar-refractivity contribution is 7.91. The highest BCUT2D eigenvalue weighted by Crippen LogP contribution is 2.29. The summed E-state index contributed by atoms with van der Waals surface area (Å²) in [5.74, 6) is 0.0499. The van der Waals surface area contributed by atoms with Crippen molar-refractivity contribution in [2.24, 2.45) is 0 Å². The van der Waals surface area contributed by atoms with Gasteiger partial charge in [-0.25, -0.2) is 13.4 Å². The lowest BCUT2D eigenvalue weighted by molar-refractivity contribution is -0.131. The molecule has 3 heterocycles. The topological polar surface area (TPSA) is 70.6 Å². The van der Waals surface area contributed by atoms with Gasteiger partial charge in [0.25, 0.3) is 0 Å². The molecule has 0 radical (unpaired) electrons. The molecule has 0 aromatic carbocycles. The Hall–Kier alpha value is -1.15. The van der Waals surface area contributed by atoms with Crippen molar-refractivity contribution in [1.82, 2.24) is 9.88 Å². The van der Waals surface area contributed by atoms with Gasteiger partial charge in [-0.1, -0.05) is 0 Å². The number of carbonyl (C=O) groups is 1. The first kappa shape index (κ1) is 14.8. The zero-order chi connectivity index (χ0) is 15.0. The van der Waals surface area contributed by atoms with Crippen LogP contribution in [-0.4, -0.2) is 61.4 Å². The van der Waals surface area contributed by atoms with Crippen molar-refractivity contribution in [2.45, 2.75) is 30.6 Å². The summed E-state index contributed by atoms with van der Waals surface area (Å²) in [6.45, 7) is 1.71. The van der Waals surface area contributed by atoms with Crippen molar-refractivity contribution in [1.29, 1.82) is 0 Å². The Bertz CT molecular complexity index is 615. The van der Waals surface area contributed by atoms with Crippen molar-refractivity contribution in [3.8, 4) is 0 Å². The molecule has 2 fully saturated rings.